The average molecular weight is 1440 g/mol. The van der Waals surface area contributed by atoms with E-state index in [1.54, 1.807) is 11.3 Å². The first-order valence-electron chi connectivity index (χ1n) is 35.5. The fourth-order valence-electron chi connectivity index (χ4n) is 13.8. The van der Waals surface area contributed by atoms with E-state index < -0.39 is 7.12 Å². The van der Waals surface area contributed by atoms with Gasteiger partial charge in [0, 0.05) is 79.2 Å². The Morgan fingerprint density at radius 2 is 0.481 bits per heavy atom. The minimum Gasteiger partial charge on any atom is -0.423 e. The first-order valence-corrected chi connectivity index (χ1v) is 37.6. The summed E-state index contributed by atoms with van der Waals surface area (Å²) in [5, 5.41) is 25.0. The van der Waals surface area contributed by atoms with Crippen molar-refractivity contribution in [3.8, 4) is 135 Å². The minimum atomic E-state index is -1.51. The minimum absolute atomic E-state index is 0.189. The number of rotatable bonds is 13. The first kappa shape index (κ1) is 68.2. The fraction of sp³-hybridized carbons (Fsp3) is 0. The first-order chi connectivity index (χ1) is 53.3. The monoisotopic (exact) mass is 1440 g/mol. The Labute approximate surface area is 638 Å². The van der Waals surface area contributed by atoms with Crippen LogP contribution in [0.4, 0.5) is 0 Å². The molecule has 19 rings (SSSR count). The van der Waals surface area contributed by atoms with Gasteiger partial charge >= 0.3 is 7.12 Å². The number of halogens is 1. The zero-order valence-corrected chi connectivity index (χ0v) is 60.5. The summed E-state index contributed by atoms with van der Waals surface area (Å²) in [5.41, 5.74) is 21.2. The van der Waals surface area contributed by atoms with E-state index in [0.29, 0.717) is 34.6 Å². The summed E-state index contributed by atoms with van der Waals surface area (Å²) in [5.74, 6) is 3.05. The molecule has 0 aliphatic heterocycles. The van der Waals surface area contributed by atoms with E-state index >= 15 is 0 Å². The second-order valence-electron chi connectivity index (χ2n) is 26.0. The molecule has 0 saturated heterocycles. The van der Waals surface area contributed by atoms with Crippen LogP contribution in [0.5, 0.6) is 0 Å². The summed E-state index contributed by atoms with van der Waals surface area (Å²) < 4.78 is 4.64. The summed E-state index contributed by atoms with van der Waals surface area (Å²) in [4.78, 5) is 28.5. The van der Waals surface area contributed by atoms with E-state index in [0.717, 1.165) is 92.5 Å². The number of hydrogen-bond acceptors (Lipinski definition) is 10. The van der Waals surface area contributed by atoms with Crippen molar-refractivity contribution < 1.29 is 10.0 Å². The highest BCUT2D eigenvalue weighted by Gasteiger charge is 2.23. The van der Waals surface area contributed by atoms with Crippen LogP contribution in [0.2, 0.25) is 5.28 Å². The molecule has 12 heteroatoms. The Kier molecular flexibility index (Phi) is 19.6. The van der Waals surface area contributed by atoms with Gasteiger partial charge in [0.2, 0.25) is 5.28 Å². The van der Waals surface area contributed by atoms with Crippen molar-refractivity contribution in [2.75, 3.05) is 0 Å². The van der Waals surface area contributed by atoms with Crippen LogP contribution < -0.4 is 5.46 Å². The van der Waals surface area contributed by atoms with Crippen molar-refractivity contribution in [1.82, 2.24) is 29.9 Å². The summed E-state index contributed by atoms with van der Waals surface area (Å²) in [7, 11) is -1.51. The molecule has 2 N–H and O–H groups in total. The van der Waals surface area contributed by atoms with Gasteiger partial charge in [-0.15, -0.1) is 22.7 Å². The lowest BCUT2D eigenvalue weighted by atomic mass is 9.78. The molecule has 0 fully saturated rings. The van der Waals surface area contributed by atoms with Gasteiger partial charge in [-0.3, -0.25) is 0 Å². The highest BCUT2D eigenvalue weighted by molar-refractivity contribution is 7.27. The van der Waals surface area contributed by atoms with Gasteiger partial charge in [-0.2, -0.15) is 9.97 Å². The molecule has 15 aromatic carbocycles. The molecule has 19 aromatic rings. The Bertz CT molecular complexity index is 6400. The number of hydrogen-bond donors (Lipinski definition) is 2. The molecular weight excluding hydrogens is 1380 g/mol. The molecule has 0 aliphatic carbocycles. The van der Waals surface area contributed by atoms with Crippen LogP contribution in [-0.2, 0) is 0 Å². The number of aromatic nitrogens is 6. The van der Waals surface area contributed by atoms with Crippen LogP contribution in [0.1, 0.15) is 0 Å². The number of thiophene rings is 2. The Balaban J connectivity index is 0.000000134. The third kappa shape index (κ3) is 14.5. The van der Waals surface area contributed by atoms with Crippen molar-refractivity contribution in [3.63, 3.8) is 0 Å². The van der Waals surface area contributed by atoms with Crippen LogP contribution in [0.25, 0.3) is 175 Å². The largest absolute Gasteiger partial charge is 0.489 e. The second kappa shape index (κ2) is 31.0. The fourth-order valence-corrected chi connectivity index (χ4v) is 16.7. The summed E-state index contributed by atoms with van der Waals surface area (Å²) in [6.07, 6.45) is 0. The van der Waals surface area contributed by atoms with Crippen molar-refractivity contribution in [2.45, 2.75) is 0 Å². The van der Waals surface area contributed by atoms with Crippen LogP contribution in [0.15, 0.2) is 376 Å². The molecule has 0 bridgehead atoms. The van der Waals surface area contributed by atoms with Gasteiger partial charge in [0.1, 0.15) is 0 Å². The Morgan fingerprint density at radius 1 is 0.204 bits per heavy atom. The van der Waals surface area contributed by atoms with Gasteiger partial charge < -0.3 is 10.0 Å². The lowest BCUT2D eigenvalue weighted by Crippen LogP contribution is -2.30. The molecule has 0 amide bonds. The van der Waals surface area contributed by atoms with E-state index in [2.05, 4.69) is 252 Å². The van der Waals surface area contributed by atoms with Crippen molar-refractivity contribution >= 4 is 87.2 Å². The summed E-state index contributed by atoms with van der Waals surface area (Å²) >= 11 is 9.63. The molecule has 8 nitrogen and oxygen atoms in total. The highest BCUT2D eigenvalue weighted by Crippen LogP contribution is 2.47. The van der Waals surface area contributed by atoms with Crippen LogP contribution >= 0.6 is 34.3 Å². The smallest absolute Gasteiger partial charge is 0.423 e. The molecule has 512 valence electrons. The molecule has 0 unspecified atom stereocenters. The molecule has 4 aromatic heterocycles. The van der Waals surface area contributed by atoms with E-state index in [9.17, 15) is 10.0 Å². The summed E-state index contributed by atoms with van der Waals surface area (Å²) in [6.45, 7) is 0. The Hall–Kier alpha value is -13.0. The van der Waals surface area contributed by atoms with Crippen LogP contribution in [0.3, 0.4) is 0 Å². The lowest BCUT2D eigenvalue weighted by molar-refractivity contribution is 0.426. The van der Waals surface area contributed by atoms with E-state index in [1.807, 2.05) is 151 Å². The predicted molar refractivity (Wildman–Crippen MR) is 452 cm³/mol. The third-order valence-electron chi connectivity index (χ3n) is 19.1. The van der Waals surface area contributed by atoms with Crippen molar-refractivity contribution in [1.29, 1.82) is 0 Å². The zero-order chi connectivity index (χ0) is 72.7. The van der Waals surface area contributed by atoms with Gasteiger partial charge in [-0.05, 0) is 120 Å². The van der Waals surface area contributed by atoms with Gasteiger partial charge in [0.15, 0.2) is 29.1 Å². The van der Waals surface area contributed by atoms with Gasteiger partial charge in [0.05, 0.1) is 0 Å². The van der Waals surface area contributed by atoms with Crippen LogP contribution in [0, 0.1) is 0 Å². The standard InChI is InChI=1S/C51H33N3S.C24H17BO2S.C21H14ClN3/c1-5-16-34(17-6-1)38-24-13-26-40(30-38)50-52-49(37-22-11-4-12-23-37)53-51(54-50)41-27-14-25-39(31-41)45-32-42(35-18-7-2-8-19-35)33-46-44-29-15-28-43(47(44)55-48(45)46)36-20-9-3-10-21-36;26-25(27)22-15-18(16-8-3-1-4-9-16)14-21-20-13-7-12-19(23(20)28-24(21)22)17-10-5-2-6-11-17;22-21-24-19(16-10-5-2-6-11-16)23-20(25-21)18-13-7-12-17(14-18)15-8-3-1-4-9-15/h1-33H;1-15,26-27H;1-14H. The molecule has 4 heterocycles. The number of nitrogens with zero attached hydrogens (tertiary/aromatic N) is 6. The Morgan fingerprint density at radius 3 is 0.889 bits per heavy atom. The molecule has 108 heavy (non-hydrogen) atoms. The SMILES string of the molecule is Clc1nc(-c2ccccc2)nc(-c2cccc(-c3ccccc3)c2)n1.OB(O)c1cc(-c2ccccc2)cc2c1sc1c(-c3ccccc3)cccc12.c1ccc(-c2cccc(-c3nc(-c4ccccc4)nc(-c4cccc(-c5cc(-c6ccccc6)cc6c5sc5c(-c7ccccc7)cccc56)c4)n3)c2)cc1. The van der Waals surface area contributed by atoms with Crippen LogP contribution in [-0.4, -0.2) is 47.1 Å². The number of benzene rings is 15. The quantitative estimate of drug-likeness (QED) is 0.110. The predicted octanol–water partition coefficient (Wildman–Crippen LogP) is 24.5. The lowest BCUT2D eigenvalue weighted by Gasteiger charge is -2.12. The van der Waals surface area contributed by atoms with Gasteiger partial charge in [-0.1, -0.05) is 340 Å². The molecular formula is C96H64BClN6O2S2. The third-order valence-corrected chi connectivity index (χ3v) is 21.8. The maximum atomic E-state index is 10.1. The normalized spacial score (nSPS) is 11.1. The molecule has 0 atom stereocenters. The molecule has 0 radical (unpaired) electrons. The zero-order valence-electron chi connectivity index (χ0n) is 58.1. The molecule has 0 saturated carbocycles. The van der Waals surface area contributed by atoms with Gasteiger partial charge in [-0.25, -0.2) is 19.9 Å². The topological polar surface area (TPSA) is 118 Å². The second-order valence-corrected chi connectivity index (χ2v) is 28.4. The maximum absolute atomic E-state index is 10.1. The summed E-state index contributed by atoms with van der Waals surface area (Å²) in [6, 6.07) is 129. The van der Waals surface area contributed by atoms with E-state index in [-0.39, 0.29) is 5.28 Å². The van der Waals surface area contributed by atoms with E-state index in [1.165, 1.54) is 53.6 Å². The molecule has 0 spiro atoms. The average Bonchev–Trinajstić information content (AvgIpc) is 1.59. The van der Waals surface area contributed by atoms with Crippen molar-refractivity contribution in [2.24, 2.45) is 0 Å². The van der Waals surface area contributed by atoms with E-state index in [4.69, 9.17) is 26.6 Å². The maximum Gasteiger partial charge on any atom is 0.489 e. The number of fused-ring (bicyclic) bond motifs is 6. The van der Waals surface area contributed by atoms with Gasteiger partial charge in [0.25, 0.3) is 0 Å². The van der Waals surface area contributed by atoms with Crippen molar-refractivity contribution in [3.05, 3.63) is 381 Å². The molecule has 0 aliphatic rings. The highest BCUT2D eigenvalue weighted by atomic mass is 35.5.